The zero-order chi connectivity index (χ0) is 12.4. The molecule has 0 spiro atoms. The molecule has 0 aliphatic heterocycles. The second-order valence-electron chi connectivity index (χ2n) is 4.41. The molecule has 0 fully saturated rings. The number of rotatable bonds is 4. The molecule has 1 aromatic carbocycles. The van der Waals surface area contributed by atoms with Gasteiger partial charge in [0.2, 0.25) is 5.95 Å². The molecule has 2 aromatic rings. The molecule has 0 aliphatic carbocycles. The van der Waals surface area contributed by atoms with Gasteiger partial charge in [-0.25, -0.2) is 4.98 Å². The number of imidazole rings is 1. The highest BCUT2D eigenvalue weighted by atomic mass is 32.2. The third-order valence-electron chi connectivity index (χ3n) is 3.12. The number of aryl methyl sites for hydroxylation is 1. The van der Waals surface area contributed by atoms with Crippen LogP contribution in [0.15, 0.2) is 18.2 Å². The molecule has 0 radical (unpaired) electrons. The van der Waals surface area contributed by atoms with Crippen molar-refractivity contribution in [3.63, 3.8) is 0 Å². The summed E-state index contributed by atoms with van der Waals surface area (Å²) >= 11 is 1.87. The van der Waals surface area contributed by atoms with Crippen LogP contribution in [0.5, 0.6) is 0 Å². The molecular weight excluding hydrogens is 230 g/mol. The lowest BCUT2D eigenvalue weighted by molar-refractivity contribution is 0.555. The number of hydrogen-bond acceptors (Lipinski definition) is 3. The first-order valence-corrected chi connectivity index (χ1v) is 7.26. The largest absolute Gasteiger partial charge is 0.369 e. The predicted octanol–water partition coefficient (Wildman–Crippen LogP) is 3.24. The summed E-state index contributed by atoms with van der Waals surface area (Å²) in [5, 5.41) is 0. The van der Waals surface area contributed by atoms with Gasteiger partial charge in [-0.2, -0.15) is 11.8 Å². The highest BCUT2D eigenvalue weighted by Gasteiger charge is 2.14. The van der Waals surface area contributed by atoms with Gasteiger partial charge in [-0.3, -0.25) is 0 Å². The van der Waals surface area contributed by atoms with E-state index in [1.54, 1.807) is 0 Å². The Balaban J connectivity index is 2.48. The highest BCUT2D eigenvalue weighted by molar-refractivity contribution is 7.98. The number of hydrogen-bond donors (Lipinski definition) is 1. The first-order valence-electron chi connectivity index (χ1n) is 5.87. The highest BCUT2D eigenvalue weighted by Crippen LogP contribution is 2.27. The maximum Gasteiger partial charge on any atom is 0.201 e. The molecular formula is C13H19N3S. The van der Waals surface area contributed by atoms with Gasteiger partial charge in [0.05, 0.1) is 11.0 Å². The molecule has 0 bridgehead atoms. The number of anilines is 1. The van der Waals surface area contributed by atoms with Crippen molar-refractivity contribution in [1.29, 1.82) is 0 Å². The van der Waals surface area contributed by atoms with Crippen LogP contribution in [0.25, 0.3) is 11.0 Å². The van der Waals surface area contributed by atoms with Crippen LogP contribution in [0.4, 0.5) is 5.95 Å². The summed E-state index contributed by atoms with van der Waals surface area (Å²) in [6.07, 6.45) is 3.25. The fourth-order valence-electron chi connectivity index (χ4n) is 2.20. The Labute approximate surface area is 106 Å². The van der Waals surface area contributed by atoms with E-state index in [2.05, 4.69) is 35.7 Å². The number of nitrogen functional groups attached to an aromatic ring is 1. The first-order chi connectivity index (χ1) is 8.15. The quantitative estimate of drug-likeness (QED) is 0.904. The number of aromatic nitrogens is 2. The molecule has 1 heterocycles. The maximum atomic E-state index is 6.04. The number of fused-ring (bicyclic) bond motifs is 1. The van der Waals surface area contributed by atoms with Crippen LogP contribution in [-0.4, -0.2) is 21.6 Å². The van der Waals surface area contributed by atoms with Crippen LogP contribution in [-0.2, 0) is 0 Å². The summed E-state index contributed by atoms with van der Waals surface area (Å²) in [6, 6.07) is 6.56. The van der Waals surface area contributed by atoms with Crippen LogP contribution >= 0.6 is 11.8 Å². The molecule has 17 heavy (non-hydrogen) atoms. The molecule has 2 N–H and O–H groups in total. The summed E-state index contributed by atoms with van der Waals surface area (Å²) in [5.41, 5.74) is 9.46. The molecule has 4 heteroatoms. The summed E-state index contributed by atoms with van der Waals surface area (Å²) < 4.78 is 2.17. The third-order valence-corrected chi connectivity index (χ3v) is 3.76. The molecule has 2 rings (SSSR count). The lowest BCUT2D eigenvalue weighted by atomic mass is 10.2. The molecule has 92 valence electrons. The van der Waals surface area contributed by atoms with Gasteiger partial charge in [0.25, 0.3) is 0 Å². The Bertz CT molecular complexity index is 519. The molecule has 3 nitrogen and oxygen atoms in total. The number of benzene rings is 1. The topological polar surface area (TPSA) is 43.8 Å². The summed E-state index contributed by atoms with van der Waals surface area (Å²) in [5.74, 6) is 1.77. The van der Waals surface area contributed by atoms with Crippen molar-refractivity contribution in [1.82, 2.24) is 9.55 Å². The molecule has 0 amide bonds. The molecule has 0 saturated carbocycles. The number of thioether (sulfide) groups is 1. The van der Waals surface area contributed by atoms with Gasteiger partial charge >= 0.3 is 0 Å². The van der Waals surface area contributed by atoms with Crippen molar-refractivity contribution >= 4 is 28.7 Å². The Hall–Kier alpha value is -1.16. The minimum Gasteiger partial charge on any atom is -0.369 e. The van der Waals surface area contributed by atoms with Gasteiger partial charge in [0.15, 0.2) is 0 Å². The normalized spacial score (nSPS) is 13.1. The van der Waals surface area contributed by atoms with E-state index in [-0.39, 0.29) is 0 Å². The van der Waals surface area contributed by atoms with E-state index < -0.39 is 0 Å². The zero-order valence-corrected chi connectivity index (χ0v) is 11.4. The van der Waals surface area contributed by atoms with Crippen LogP contribution in [0.2, 0.25) is 0 Å². The number of nitrogens with zero attached hydrogens (tertiary/aromatic N) is 2. The van der Waals surface area contributed by atoms with E-state index >= 15 is 0 Å². The van der Waals surface area contributed by atoms with E-state index in [1.165, 1.54) is 11.1 Å². The fraction of sp³-hybridized carbons (Fsp3) is 0.462. The smallest absolute Gasteiger partial charge is 0.201 e. The molecule has 1 unspecified atom stereocenters. The minimum atomic E-state index is 0.397. The number of para-hydroxylation sites is 1. The van der Waals surface area contributed by atoms with Crippen molar-refractivity contribution in [3.05, 3.63) is 23.8 Å². The molecule has 1 aromatic heterocycles. The Kier molecular flexibility index (Phi) is 3.62. The zero-order valence-electron chi connectivity index (χ0n) is 10.6. The number of nitrogens with two attached hydrogens (primary N) is 1. The second kappa shape index (κ2) is 5.00. The monoisotopic (exact) mass is 249 g/mol. The predicted molar refractivity (Wildman–Crippen MR) is 76.6 cm³/mol. The van der Waals surface area contributed by atoms with Crippen molar-refractivity contribution in [2.24, 2.45) is 0 Å². The van der Waals surface area contributed by atoms with E-state index in [1.807, 2.05) is 23.9 Å². The average Bonchev–Trinajstić information content (AvgIpc) is 2.64. The Morgan fingerprint density at radius 1 is 1.47 bits per heavy atom. The van der Waals surface area contributed by atoms with Crippen molar-refractivity contribution in [3.8, 4) is 0 Å². The van der Waals surface area contributed by atoms with Crippen molar-refractivity contribution < 1.29 is 0 Å². The molecule has 0 saturated heterocycles. The Morgan fingerprint density at radius 2 is 2.24 bits per heavy atom. The van der Waals surface area contributed by atoms with Crippen molar-refractivity contribution in [2.45, 2.75) is 26.3 Å². The second-order valence-corrected chi connectivity index (χ2v) is 5.40. The summed E-state index contributed by atoms with van der Waals surface area (Å²) in [6.45, 7) is 4.32. The maximum absolute atomic E-state index is 6.04. The van der Waals surface area contributed by atoms with E-state index in [0.29, 0.717) is 12.0 Å². The van der Waals surface area contributed by atoms with Crippen LogP contribution in [0.1, 0.15) is 24.9 Å². The van der Waals surface area contributed by atoms with Gasteiger partial charge in [0.1, 0.15) is 0 Å². The fourth-order valence-corrected chi connectivity index (χ4v) is 2.78. The van der Waals surface area contributed by atoms with Gasteiger partial charge in [0, 0.05) is 6.04 Å². The first kappa shape index (κ1) is 12.3. The summed E-state index contributed by atoms with van der Waals surface area (Å²) in [4.78, 5) is 4.44. The minimum absolute atomic E-state index is 0.397. The average molecular weight is 249 g/mol. The van der Waals surface area contributed by atoms with Gasteiger partial charge in [-0.05, 0) is 43.9 Å². The lowest BCUT2D eigenvalue weighted by Gasteiger charge is -2.16. The van der Waals surface area contributed by atoms with Crippen molar-refractivity contribution in [2.75, 3.05) is 17.7 Å². The molecule has 0 aliphatic rings. The van der Waals surface area contributed by atoms with E-state index in [4.69, 9.17) is 5.73 Å². The van der Waals surface area contributed by atoms with Crippen LogP contribution in [0, 0.1) is 6.92 Å². The van der Waals surface area contributed by atoms with E-state index in [9.17, 15) is 0 Å². The van der Waals surface area contributed by atoms with Crippen LogP contribution < -0.4 is 5.73 Å². The van der Waals surface area contributed by atoms with E-state index in [0.717, 1.165) is 17.7 Å². The van der Waals surface area contributed by atoms with Gasteiger partial charge in [-0.1, -0.05) is 12.1 Å². The van der Waals surface area contributed by atoms with Gasteiger partial charge in [-0.15, -0.1) is 0 Å². The molecule has 1 atom stereocenters. The summed E-state index contributed by atoms with van der Waals surface area (Å²) in [7, 11) is 0. The lowest BCUT2D eigenvalue weighted by Crippen LogP contribution is -2.10. The Morgan fingerprint density at radius 3 is 2.94 bits per heavy atom. The third kappa shape index (κ3) is 2.27. The standard InChI is InChI=1S/C13H19N3S/c1-9-5-4-6-11-12(9)16(13(14)15-11)10(2)7-8-17-3/h4-6,10H,7-8H2,1-3H3,(H2,14,15). The van der Waals surface area contributed by atoms with Gasteiger partial charge < -0.3 is 10.3 Å². The SMILES string of the molecule is CSCCC(C)n1c(N)nc2cccc(C)c21. The van der Waals surface area contributed by atoms with Crippen LogP contribution in [0.3, 0.4) is 0 Å².